The average molecular weight is 399 g/mol. The zero-order valence-corrected chi connectivity index (χ0v) is 15.9. The van der Waals surface area contributed by atoms with Crippen LogP contribution in [-0.4, -0.2) is 35.2 Å². The van der Waals surface area contributed by atoms with E-state index in [1.54, 1.807) is 5.38 Å². The van der Waals surface area contributed by atoms with Gasteiger partial charge in [0, 0.05) is 18.6 Å². The van der Waals surface area contributed by atoms with E-state index >= 15 is 0 Å². The van der Waals surface area contributed by atoms with E-state index in [1.165, 1.54) is 27.7 Å². The van der Waals surface area contributed by atoms with Gasteiger partial charge < -0.3 is 10.5 Å². The Morgan fingerprint density at radius 3 is 2.46 bits per heavy atom. The molecule has 7 nitrogen and oxygen atoms in total. The van der Waals surface area contributed by atoms with E-state index in [-0.39, 0.29) is 11.6 Å². The summed E-state index contributed by atoms with van der Waals surface area (Å²) in [6.45, 7) is 1.19. The van der Waals surface area contributed by atoms with Crippen LogP contribution in [-0.2, 0) is 14.9 Å². The van der Waals surface area contributed by atoms with Gasteiger partial charge >= 0.3 is 0 Å². The third-order valence-electron chi connectivity index (χ3n) is 4.89. The fourth-order valence-electron chi connectivity index (χ4n) is 3.27. The topological polar surface area (TPSA) is 115 Å². The standard InChI is InChI=1S/C16H17NO2.C4H4N2O2S/c17-15(18)16(7-9-19-10-8-16)14-6-5-12-3-1-2-4-13(12)11-14;7-4(6-8)3-1-9-2-5-3/h1-6,11H,7-10H2,(H2,17,18);1-2,8H,(H,6,7). The average Bonchev–Trinajstić information content (AvgIpc) is 3.28. The minimum atomic E-state index is -0.573. The number of ether oxygens (including phenoxy) is 1. The second kappa shape index (κ2) is 8.92. The van der Waals surface area contributed by atoms with Crippen molar-refractivity contribution in [2.75, 3.05) is 13.2 Å². The number of carbonyl (C=O) groups is 2. The number of hydrogen-bond donors (Lipinski definition) is 3. The molecule has 8 heteroatoms. The summed E-state index contributed by atoms with van der Waals surface area (Å²) < 4.78 is 5.38. The number of hydroxylamine groups is 1. The molecular formula is C20H21N3O4S. The number of fused-ring (bicyclic) bond motifs is 1. The fourth-order valence-corrected chi connectivity index (χ4v) is 3.80. The lowest BCUT2D eigenvalue weighted by molar-refractivity contribution is -0.127. The molecule has 1 saturated heterocycles. The van der Waals surface area contributed by atoms with Crippen molar-refractivity contribution in [1.82, 2.24) is 10.5 Å². The molecule has 2 aromatic carbocycles. The third-order valence-corrected chi connectivity index (χ3v) is 5.47. The van der Waals surface area contributed by atoms with Gasteiger partial charge in [-0.15, -0.1) is 11.3 Å². The molecule has 0 atom stereocenters. The molecule has 3 aromatic rings. The van der Waals surface area contributed by atoms with Crippen molar-refractivity contribution in [3.05, 3.63) is 64.6 Å². The van der Waals surface area contributed by atoms with E-state index < -0.39 is 11.3 Å². The summed E-state index contributed by atoms with van der Waals surface area (Å²) >= 11 is 1.30. The maximum absolute atomic E-state index is 12.0. The summed E-state index contributed by atoms with van der Waals surface area (Å²) in [6, 6.07) is 14.3. The molecule has 1 aromatic heterocycles. The molecule has 0 unspecified atom stereocenters. The quantitative estimate of drug-likeness (QED) is 0.463. The van der Waals surface area contributed by atoms with Gasteiger partial charge in [-0.25, -0.2) is 10.5 Å². The minimum absolute atomic E-state index is 0.238. The summed E-state index contributed by atoms with van der Waals surface area (Å²) in [4.78, 5) is 26.1. The molecule has 0 aliphatic carbocycles. The van der Waals surface area contributed by atoms with Crippen LogP contribution in [0.3, 0.4) is 0 Å². The maximum atomic E-state index is 12.0. The number of nitrogens with zero attached hydrogens (tertiary/aromatic N) is 1. The Balaban J connectivity index is 0.000000211. The Morgan fingerprint density at radius 1 is 1.14 bits per heavy atom. The lowest BCUT2D eigenvalue weighted by Gasteiger charge is -2.34. The highest BCUT2D eigenvalue weighted by atomic mass is 32.1. The number of carbonyl (C=O) groups excluding carboxylic acids is 2. The summed E-state index contributed by atoms with van der Waals surface area (Å²) in [5, 5.41) is 11.9. The molecule has 146 valence electrons. The van der Waals surface area contributed by atoms with Crippen molar-refractivity contribution in [2.45, 2.75) is 18.3 Å². The van der Waals surface area contributed by atoms with Crippen LogP contribution in [0.2, 0.25) is 0 Å². The van der Waals surface area contributed by atoms with Crippen molar-refractivity contribution < 1.29 is 19.5 Å². The Bertz CT molecular complexity index is 953. The molecule has 0 bridgehead atoms. The van der Waals surface area contributed by atoms with E-state index in [4.69, 9.17) is 15.7 Å². The maximum Gasteiger partial charge on any atom is 0.294 e. The van der Waals surface area contributed by atoms with Crippen molar-refractivity contribution in [3.63, 3.8) is 0 Å². The highest BCUT2D eigenvalue weighted by molar-refractivity contribution is 7.07. The first-order valence-electron chi connectivity index (χ1n) is 8.76. The monoisotopic (exact) mass is 399 g/mol. The molecule has 4 rings (SSSR count). The summed E-state index contributed by atoms with van der Waals surface area (Å²) in [5.41, 5.74) is 9.36. The Labute approximate surface area is 166 Å². The number of nitrogens with two attached hydrogens (primary N) is 1. The van der Waals surface area contributed by atoms with Crippen LogP contribution in [0.15, 0.2) is 53.4 Å². The normalized spacial score (nSPS) is 15.3. The fraction of sp³-hybridized carbons (Fsp3) is 0.250. The van der Waals surface area contributed by atoms with Crippen LogP contribution >= 0.6 is 11.3 Å². The Hall–Kier alpha value is -2.81. The largest absolute Gasteiger partial charge is 0.381 e. The van der Waals surface area contributed by atoms with Gasteiger partial charge in [0.15, 0.2) is 0 Å². The van der Waals surface area contributed by atoms with Gasteiger partial charge in [0.1, 0.15) is 5.69 Å². The zero-order valence-electron chi connectivity index (χ0n) is 15.1. The third kappa shape index (κ3) is 4.19. The number of nitrogens with one attached hydrogen (secondary N) is 1. The number of benzene rings is 2. The number of aromatic nitrogens is 1. The lowest BCUT2D eigenvalue weighted by Crippen LogP contribution is -2.45. The van der Waals surface area contributed by atoms with Crippen LogP contribution in [0.1, 0.15) is 28.9 Å². The van der Waals surface area contributed by atoms with Gasteiger partial charge in [0.05, 0.1) is 10.9 Å². The number of primary amides is 1. The van der Waals surface area contributed by atoms with Gasteiger partial charge in [-0.1, -0.05) is 42.5 Å². The molecule has 0 spiro atoms. The number of hydrogen-bond acceptors (Lipinski definition) is 6. The first kappa shape index (κ1) is 19.9. The highest BCUT2D eigenvalue weighted by Gasteiger charge is 2.40. The lowest BCUT2D eigenvalue weighted by atomic mass is 9.73. The van der Waals surface area contributed by atoms with Gasteiger partial charge in [0.2, 0.25) is 5.91 Å². The second-order valence-corrected chi connectivity index (χ2v) is 7.15. The first-order valence-corrected chi connectivity index (χ1v) is 9.71. The van der Waals surface area contributed by atoms with E-state index in [2.05, 4.69) is 29.2 Å². The smallest absolute Gasteiger partial charge is 0.294 e. The van der Waals surface area contributed by atoms with Gasteiger partial charge in [-0.2, -0.15) is 0 Å². The summed E-state index contributed by atoms with van der Waals surface area (Å²) in [6.07, 6.45) is 1.33. The van der Waals surface area contributed by atoms with Crippen LogP contribution in [0.4, 0.5) is 0 Å². The van der Waals surface area contributed by atoms with Crippen LogP contribution in [0.5, 0.6) is 0 Å². The molecule has 0 saturated carbocycles. The summed E-state index contributed by atoms with van der Waals surface area (Å²) in [7, 11) is 0. The van der Waals surface area contributed by atoms with Crippen molar-refractivity contribution >= 4 is 33.9 Å². The Kier molecular flexibility index (Phi) is 6.35. The molecule has 0 radical (unpaired) electrons. The molecular weight excluding hydrogens is 378 g/mol. The Morgan fingerprint density at radius 2 is 1.86 bits per heavy atom. The van der Waals surface area contributed by atoms with Crippen molar-refractivity contribution in [3.8, 4) is 0 Å². The minimum Gasteiger partial charge on any atom is -0.381 e. The number of thiazole rings is 1. The van der Waals surface area contributed by atoms with Crippen molar-refractivity contribution in [2.24, 2.45) is 5.73 Å². The number of amides is 2. The molecule has 2 heterocycles. The molecule has 1 aliphatic heterocycles. The van der Waals surface area contributed by atoms with E-state index in [0.717, 1.165) is 10.9 Å². The molecule has 4 N–H and O–H groups in total. The van der Waals surface area contributed by atoms with Crippen LogP contribution in [0, 0.1) is 0 Å². The first-order chi connectivity index (χ1) is 13.6. The molecule has 2 amide bonds. The predicted octanol–water partition coefficient (Wildman–Crippen LogP) is 2.64. The highest BCUT2D eigenvalue weighted by Crippen LogP contribution is 2.36. The van der Waals surface area contributed by atoms with E-state index in [0.29, 0.717) is 26.1 Å². The van der Waals surface area contributed by atoms with Crippen LogP contribution in [0.25, 0.3) is 10.8 Å². The second-order valence-electron chi connectivity index (χ2n) is 6.44. The molecule has 1 fully saturated rings. The molecule has 1 aliphatic rings. The SMILES string of the molecule is NC(=O)C1(c2ccc3ccccc3c2)CCOCC1.O=C(NO)c1cscn1. The zero-order chi connectivity index (χ0) is 20.0. The van der Waals surface area contributed by atoms with Crippen molar-refractivity contribution in [1.29, 1.82) is 0 Å². The van der Waals surface area contributed by atoms with Gasteiger partial charge in [0.25, 0.3) is 5.91 Å². The van der Waals surface area contributed by atoms with Gasteiger partial charge in [-0.3, -0.25) is 14.8 Å². The van der Waals surface area contributed by atoms with Gasteiger partial charge in [-0.05, 0) is 29.2 Å². The van der Waals surface area contributed by atoms with Crippen LogP contribution < -0.4 is 11.2 Å². The summed E-state index contributed by atoms with van der Waals surface area (Å²) in [5.74, 6) is -0.817. The predicted molar refractivity (Wildman–Crippen MR) is 106 cm³/mol. The van der Waals surface area contributed by atoms with E-state index in [9.17, 15) is 9.59 Å². The number of rotatable bonds is 3. The molecule has 28 heavy (non-hydrogen) atoms. The van der Waals surface area contributed by atoms with E-state index in [1.807, 2.05) is 18.2 Å².